The number of amides is 1. The predicted octanol–water partition coefficient (Wildman–Crippen LogP) is 1.94. The highest BCUT2D eigenvalue weighted by Crippen LogP contribution is 2.31. The summed E-state index contributed by atoms with van der Waals surface area (Å²) in [5, 5.41) is 13.5. The zero-order chi connectivity index (χ0) is 22.5. The average Bonchev–Trinajstić information content (AvgIpc) is 3.32. The van der Waals surface area contributed by atoms with Crippen molar-refractivity contribution >= 4 is 11.6 Å². The summed E-state index contributed by atoms with van der Waals surface area (Å²) in [6, 6.07) is 12.1. The molecule has 0 radical (unpaired) electrons. The van der Waals surface area contributed by atoms with E-state index >= 15 is 0 Å². The van der Waals surface area contributed by atoms with E-state index in [-0.39, 0.29) is 23.8 Å². The molecule has 1 atom stereocenters. The van der Waals surface area contributed by atoms with Crippen LogP contribution in [0.2, 0.25) is 0 Å². The lowest BCUT2D eigenvalue weighted by Gasteiger charge is -2.19. The summed E-state index contributed by atoms with van der Waals surface area (Å²) in [4.78, 5) is 34.1. The van der Waals surface area contributed by atoms with Gasteiger partial charge in [0.25, 0.3) is 5.56 Å². The Kier molecular flexibility index (Phi) is 6.16. The molecular weight excluding hydrogens is 410 g/mol. The van der Waals surface area contributed by atoms with Crippen LogP contribution in [0.1, 0.15) is 23.5 Å². The van der Waals surface area contributed by atoms with Crippen molar-refractivity contribution in [3.05, 3.63) is 88.9 Å². The molecule has 0 bridgehead atoms. The number of fused-ring (bicyclic) bond motifs is 1. The molecule has 3 heterocycles. The summed E-state index contributed by atoms with van der Waals surface area (Å²) in [6.07, 6.45) is 6.71. The van der Waals surface area contributed by atoms with Gasteiger partial charge >= 0.3 is 0 Å². The standard InChI is InChI=1S/C23H23N5O4/c1-32-17-7-5-16(6-8-17)18(14-20(29)25-10-13-27-12-9-24-15-27)21-22(30)26-19-4-2-3-11-28(19)23(21)31/h2-9,11-12,15,18,30H,10,13-14H2,1H3,(H,25,29). The molecular formula is C23H23N5O4. The molecule has 3 aromatic heterocycles. The summed E-state index contributed by atoms with van der Waals surface area (Å²) in [7, 11) is 1.56. The van der Waals surface area contributed by atoms with Crippen LogP contribution in [-0.2, 0) is 11.3 Å². The average molecular weight is 433 g/mol. The molecule has 0 fully saturated rings. The minimum absolute atomic E-state index is 0.0281. The molecule has 0 aliphatic rings. The van der Waals surface area contributed by atoms with E-state index in [0.29, 0.717) is 30.0 Å². The van der Waals surface area contributed by atoms with Gasteiger partial charge in [0, 0.05) is 44.0 Å². The topological polar surface area (TPSA) is 111 Å². The molecule has 0 spiro atoms. The number of benzene rings is 1. The van der Waals surface area contributed by atoms with Crippen LogP contribution in [0.15, 0.2) is 72.2 Å². The second kappa shape index (κ2) is 9.34. The van der Waals surface area contributed by atoms with Gasteiger partial charge in [-0.1, -0.05) is 18.2 Å². The molecule has 32 heavy (non-hydrogen) atoms. The number of ether oxygens (including phenoxy) is 1. The van der Waals surface area contributed by atoms with E-state index in [1.165, 1.54) is 4.40 Å². The van der Waals surface area contributed by atoms with E-state index in [1.807, 2.05) is 10.8 Å². The van der Waals surface area contributed by atoms with Crippen molar-refractivity contribution in [3.8, 4) is 11.6 Å². The van der Waals surface area contributed by atoms with Crippen molar-refractivity contribution in [2.24, 2.45) is 0 Å². The first kappa shape index (κ1) is 21.1. The number of aromatic hydroxyl groups is 1. The number of pyridine rings is 1. The van der Waals surface area contributed by atoms with Gasteiger partial charge in [-0.15, -0.1) is 0 Å². The number of hydrogen-bond donors (Lipinski definition) is 2. The number of nitrogens with zero attached hydrogens (tertiary/aromatic N) is 4. The van der Waals surface area contributed by atoms with Gasteiger partial charge in [0.05, 0.1) is 19.0 Å². The maximum atomic E-state index is 13.2. The molecule has 0 aliphatic carbocycles. The molecule has 9 heteroatoms. The van der Waals surface area contributed by atoms with Gasteiger partial charge < -0.3 is 19.7 Å². The molecule has 0 aliphatic heterocycles. The number of rotatable bonds is 8. The van der Waals surface area contributed by atoms with E-state index in [2.05, 4.69) is 15.3 Å². The van der Waals surface area contributed by atoms with Gasteiger partial charge in [0.15, 0.2) is 0 Å². The Labute approximate surface area is 184 Å². The largest absolute Gasteiger partial charge is 0.497 e. The molecule has 0 saturated heterocycles. The minimum Gasteiger partial charge on any atom is -0.497 e. The Morgan fingerprint density at radius 2 is 2.00 bits per heavy atom. The highest BCUT2D eigenvalue weighted by molar-refractivity contribution is 5.77. The van der Waals surface area contributed by atoms with Gasteiger partial charge in [0.1, 0.15) is 11.4 Å². The lowest BCUT2D eigenvalue weighted by molar-refractivity contribution is -0.121. The summed E-state index contributed by atoms with van der Waals surface area (Å²) in [5.41, 5.74) is 0.682. The van der Waals surface area contributed by atoms with Crippen molar-refractivity contribution in [2.75, 3.05) is 13.7 Å². The lowest BCUT2D eigenvalue weighted by Crippen LogP contribution is -2.30. The first-order chi connectivity index (χ1) is 15.6. The Balaban J connectivity index is 1.65. The number of imidazole rings is 1. The molecule has 2 N–H and O–H groups in total. The third-order valence-electron chi connectivity index (χ3n) is 5.26. The monoisotopic (exact) mass is 433 g/mol. The zero-order valence-corrected chi connectivity index (χ0v) is 17.5. The summed E-state index contributed by atoms with van der Waals surface area (Å²) in [6.45, 7) is 0.982. The Morgan fingerprint density at radius 1 is 1.19 bits per heavy atom. The van der Waals surface area contributed by atoms with Crippen LogP contribution in [0, 0.1) is 0 Å². The van der Waals surface area contributed by atoms with E-state index in [1.54, 1.807) is 68.3 Å². The molecule has 1 amide bonds. The Hall–Kier alpha value is -4.14. The summed E-state index contributed by atoms with van der Waals surface area (Å²) in [5.74, 6) is -0.669. The Bertz CT molecular complexity index is 1270. The van der Waals surface area contributed by atoms with E-state index in [9.17, 15) is 14.7 Å². The number of methoxy groups -OCH3 is 1. The van der Waals surface area contributed by atoms with Gasteiger partial charge in [-0.2, -0.15) is 4.98 Å². The smallest absolute Gasteiger partial charge is 0.265 e. The number of carbonyl (C=O) groups excluding carboxylic acids is 1. The second-order valence-electron chi connectivity index (χ2n) is 7.26. The fourth-order valence-electron chi connectivity index (χ4n) is 3.62. The molecule has 164 valence electrons. The number of hydrogen-bond acceptors (Lipinski definition) is 6. The van der Waals surface area contributed by atoms with Crippen molar-refractivity contribution in [3.63, 3.8) is 0 Å². The quantitative estimate of drug-likeness (QED) is 0.439. The molecule has 4 aromatic rings. The fraction of sp³-hybridized carbons (Fsp3) is 0.217. The lowest BCUT2D eigenvalue weighted by atomic mass is 9.89. The molecule has 1 aromatic carbocycles. The maximum absolute atomic E-state index is 13.2. The van der Waals surface area contributed by atoms with Gasteiger partial charge in [0.2, 0.25) is 11.8 Å². The van der Waals surface area contributed by atoms with Crippen LogP contribution in [0.3, 0.4) is 0 Å². The fourth-order valence-corrected chi connectivity index (χ4v) is 3.62. The minimum atomic E-state index is -0.689. The number of carbonyl (C=O) groups is 1. The van der Waals surface area contributed by atoms with Crippen LogP contribution in [0.4, 0.5) is 0 Å². The first-order valence-corrected chi connectivity index (χ1v) is 10.1. The molecule has 1 unspecified atom stereocenters. The van der Waals surface area contributed by atoms with Crippen molar-refractivity contribution < 1.29 is 14.6 Å². The summed E-state index contributed by atoms with van der Waals surface area (Å²) < 4.78 is 8.43. The van der Waals surface area contributed by atoms with Crippen LogP contribution < -0.4 is 15.6 Å². The highest BCUT2D eigenvalue weighted by Gasteiger charge is 2.26. The van der Waals surface area contributed by atoms with Gasteiger partial charge in [-0.3, -0.25) is 14.0 Å². The third-order valence-corrected chi connectivity index (χ3v) is 5.26. The van der Waals surface area contributed by atoms with E-state index in [0.717, 1.165) is 0 Å². The molecule has 9 nitrogen and oxygen atoms in total. The Morgan fingerprint density at radius 3 is 2.72 bits per heavy atom. The van der Waals surface area contributed by atoms with Crippen molar-refractivity contribution in [1.29, 1.82) is 0 Å². The van der Waals surface area contributed by atoms with E-state index < -0.39 is 11.5 Å². The van der Waals surface area contributed by atoms with Crippen LogP contribution in [-0.4, -0.2) is 43.6 Å². The third kappa shape index (κ3) is 4.46. The highest BCUT2D eigenvalue weighted by atomic mass is 16.5. The molecule has 4 rings (SSSR count). The van der Waals surface area contributed by atoms with Gasteiger partial charge in [-0.25, -0.2) is 4.98 Å². The van der Waals surface area contributed by atoms with Crippen LogP contribution >= 0.6 is 0 Å². The van der Waals surface area contributed by atoms with Crippen LogP contribution in [0.25, 0.3) is 5.65 Å². The number of nitrogens with one attached hydrogen (secondary N) is 1. The van der Waals surface area contributed by atoms with Gasteiger partial charge in [-0.05, 0) is 29.8 Å². The number of aromatic nitrogens is 4. The summed E-state index contributed by atoms with van der Waals surface area (Å²) >= 11 is 0. The second-order valence-corrected chi connectivity index (χ2v) is 7.26. The predicted molar refractivity (Wildman–Crippen MR) is 118 cm³/mol. The normalized spacial score (nSPS) is 11.9. The zero-order valence-electron chi connectivity index (χ0n) is 17.5. The SMILES string of the molecule is COc1ccc(C(CC(=O)NCCn2ccnc2)c2c(O)nc3ccccn3c2=O)cc1. The maximum Gasteiger partial charge on any atom is 0.265 e. The molecule has 0 saturated carbocycles. The van der Waals surface area contributed by atoms with Crippen molar-refractivity contribution in [1.82, 2.24) is 24.3 Å². The van der Waals surface area contributed by atoms with E-state index in [4.69, 9.17) is 4.74 Å². The van der Waals surface area contributed by atoms with Crippen molar-refractivity contribution in [2.45, 2.75) is 18.9 Å². The first-order valence-electron chi connectivity index (χ1n) is 10.1. The van der Waals surface area contributed by atoms with Crippen LogP contribution in [0.5, 0.6) is 11.6 Å².